The van der Waals surface area contributed by atoms with Gasteiger partial charge in [0.2, 0.25) is 0 Å². The maximum Gasteiger partial charge on any atom is 0.137 e. The highest BCUT2D eigenvalue weighted by Crippen LogP contribution is 2.37. The highest BCUT2D eigenvalue weighted by atomic mass is 35.5. The number of aromatic nitrogens is 2. The lowest BCUT2D eigenvalue weighted by atomic mass is 10.0. The summed E-state index contributed by atoms with van der Waals surface area (Å²) in [5, 5.41) is 11.3. The molecule has 4 nitrogen and oxygen atoms in total. The van der Waals surface area contributed by atoms with E-state index in [0.29, 0.717) is 5.02 Å². The summed E-state index contributed by atoms with van der Waals surface area (Å²) in [4.78, 5) is 7.69. The van der Waals surface area contributed by atoms with Crippen molar-refractivity contribution in [3.8, 4) is 33.8 Å². The van der Waals surface area contributed by atoms with Crippen LogP contribution >= 0.6 is 11.6 Å². The predicted octanol–water partition coefficient (Wildman–Crippen LogP) is 5.26. The van der Waals surface area contributed by atoms with Crippen LogP contribution in [0.1, 0.15) is 0 Å². The summed E-state index contributed by atoms with van der Waals surface area (Å²) in [6.07, 6.45) is 3.69. The maximum atomic E-state index is 9.72. The van der Waals surface area contributed by atoms with Gasteiger partial charge in [-0.3, -0.25) is 0 Å². The van der Waals surface area contributed by atoms with E-state index in [9.17, 15) is 5.11 Å². The average Bonchev–Trinajstić information content (AvgIpc) is 3.04. The number of ether oxygens (including phenoxy) is 1. The Labute approximate surface area is 149 Å². The number of hydrogen-bond acceptors (Lipinski definition) is 3. The maximum absolute atomic E-state index is 9.72. The number of H-pyrrole nitrogens is 1. The van der Waals surface area contributed by atoms with Crippen LogP contribution in [0.25, 0.3) is 33.3 Å². The van der Waals surface area contributed by atoms with Crippen LogP contribution < -0.4 is 4.74 Å². The van der Waals surface area contributed by atoms with E-state index in [1.54, 1.807) is 31.5 Å². The molecule has 0 saturated carbocycles. The minimum absolute atomic E-state index is 0.225. The topological polar surface area (TPSA) is 58.1 Å². The molecule has 25 heavy (non-hydrogen) atoms. The van der Waals surface area contributed by atoms with Gasteiger partial charge in [-0.15, -0.1) is 0 Å². The normalized spacial score (nSPS) is 11.0. The van der Waals surface area contributed by atoms with Crippen molar-refractivity contribution in [2.45, 2.75) is 0 Å². The lowest BCUT2D eigenvalue weighted by Crippen LogP contribution is -1.88. The van der Waals surface area contributed by atoms with Gasteiger partial charge >= 0.3 is 0 Å². The molecule has 0 spiro atoms. The highest BCUT2D eigenvalue weighted by Gasteiger charge is 2.13. The first-order chi connectivity index (χ1) is 12.2. The molecule has 2 heterocycles. The van der Waals surface area contributed by atoms with Crippen molar-refractivity contribution in [2.75, 3.05) is 7.11 Å². The number of methoxy groups -OCH3 is 1. The van der Waals surface area contributed by atoms with Crippen molar-refractivity contribution < 1.29 is 9.84 Å². The molecule has 2 aromatic heterocycles. The predicted molar refractivity (Wildman–Crippen MR) is 100 cm³/mol. The molecule has 0 fully saturated rings. The van der Waals surface area contributed by atoms with E-state index in [4.69, 9.17) is 16.3 Å². The monoisotopic (exact) mass is 350 g/mol. The summed E-state index contributed by atoms with van der Waals surface area (Å²) in [5.74, 6) is 0.969. The van der Waals surface area contributed by atoms with Crippen molar-refractivity contribution in [1.29, 1.82) is 0 Å². The van der Waals surface area contributed by atoms with Gasteiger partial charge in [0.15, 0.2) is 0 Å². The first-order valence-electron chi connectivity index (χ1n) is 7.76. The number of phenolic OH excluding ortho intramolecular Hbond substituents is 1. The Morgan fingerprint density at radius 3 is 2.72 bits per heavy atom. The molecule has 0 aliphatic heterocycles. The molecule has 4 aromatic rings. The lowest BCUT2D eigenvalue weighted by molar-refractivity contribution is 0.416. The fourth-order valence-electron chi connectivity index (χ4n) is 2.96. The Kier molecular flexibility index (Phi) is 3.82. The third-order valence-electron chi connectivity index (χ3n) is 4.16. The van der Waals surface area contributed by atoms with Crippen molar-refractivity contribution in [3.63, 3.8) is 0 Å². The van der Waals surface area contributed by atoms with Crippen LogP contribution in [-0.2, 0) is 0 Å². The van der Waals surface area contributed by atoms with Crippen LogP contribution in [0.3, 0.4) is 0 Å². The zero-order chi connectivity index (χ0) is 17.4. The van der Waals surface area contributed by atoms with E-state index >= 15 is 0 Å². The summed E-state index contributed by atoms with van der Waals surface area (Å²) >= 11 is 6.18. The summed E-state index contributed by atoms with van der Waals surface area (Å²) in [5.41, 5.74) is 4.46. The fraction of sp³-hybridized carbons (Fsp3) is 0.0500. The molecular weight excluding hydrogens is 336 g/mol. The van der Waals surface area contributed by atoms with Crippen LogP contribution in [0.2, 0.25) is 5.02 Å². The number of hydrogen-bond donors (Lipinski definition) is 2. The first kappa shape index (κ1) is 15.5. The number of fused-ring (bicyclic) bond motifs is 1. The van der Waals surface area contributed by atoms with Crippen LogP contribution in [-0.4, -0.2) is 22.2 Å². The molecule has 0 unspecified atom stereocenters. The van der Waals surface area contributed by atoms with E-state index in [1.807, 2.05) is 36.5 Å². The van der Waals surface area contributed by atoms with Crippen LogP contribution in [0, 0.1) is 0 Å². The van der Waals surface area contributed by atoms with Crippen LogP contribution in [0.4, 0.5) is 0 Å². The van der Waals surface area contributed by atoms with Gasteiger partial charge in [-0.05, 0) is 42.0 Å². The minimum atomic E-state index is 0.225. The standard InChI is InChI=1S/C20H15ClN2O2/c1-25-19-6-5-14(21)9-16(19)18-11-23-20-17(18)8-13(10-22-20)12-3-2-4-15(24)7-12/h2-11,24H,1H3,(H,22,23). The lowest BCUT2D eigenvalue weighted by Gasteiger charge is -2.09. The van der Waals surface area contributed by atoms with Crippen molar-refractivity contribution in [3.05, 3.63) is 65.9 Å². The number of phenols is 1. The van der Waals surface area contributed by atoms with E-state index < -0.39 is 0 Å². The van der Waals surface area contributed by atoms with E-state index in [2.05, 4.69) is 9.97 Å². The van der Waals surface area contributed by atoms with Gasteiger partial charge in [0.05, 0.1) is 7.11 Å². The molecule has 4 rings (SSSR count). The summed E-state index contributed by atoms with van der Waals surface area (Å²) in [7, 11) is 1.64. The van der Waals surface area contributed by atoms with E-state index in [-0.39, 0.29) is 5.75 Å². The second-order valence-electron chi connectivity index (χ2n) is 5.72. The van der Waals surface area contributed by atoms with Gasteiger partial charge in [0.1, 0.15) is 17.1 Å². The van der Waals surface area contributed by atoms with E-state index in [0.717, 1.165) is 39.0 Å². The third kappa shape index (κ3) is 2.81. The molecule has 0 aliphatic carbocycles. The smallest absolute Gasteiger partial charge is 0.137 e. The quantitative estimate of drug-likeness (QED) is 0.529. The number of rotatable bonds is 3. The number of aromatic amines is 1. The summed E-state index contributed by atoms with van der Waals surface area (Å²) < 4.78 is 5.48. The molecule has 0 amide bonds. The minimum Gasteiger partial charge on any atom is -0.508 e. The number of aromatic hydroxyl groups is 1. The van der Waals surface area contributed by atoms with Crippen LogP contribution in [0.15, 0.2) is 60.9 Å². The molecule has 0 atom stereocenters. The third-order valence-corrected chi connectivity index (χ3v) is 4.40. The number of nitrogens with zero attached hydrogens (tertiary/aromatic N) is 1. The number of halogens is 1. The molecule has 0 saturated heterocycles. The number of nitrogens with one attached hydrogen (secondary N) is 1. The molecule has 124 valence electrons. The average molecular weight is 351 g/mol. The fourth-order valence-corrected chi connectivity index (χ4v) is 3.13. The molecule has 0 aliphatic rings. The zero-order valence-corrected chi connectivity index (χ0v) is 14.2. The van der Waals surface area contributed by atoms with Crippen molar-refractivity contribution in [2.24, 2.45) is 0 Å². The van der Waals surface area contributed by atoms with Gasteiger partial charge in [0, 0.05) is 39.5 Å². The molecule has 2 aromatic carbocycles. The van der Waals surface area contributed by atoms with Gasteiger partial charge < -0.3 is 14.8 Å². The largest absolute Gasteiger partial charge is 0.508 e. The Hall–Kier alpha value is -2.98. The second-order valence-corrected chi connectivity index (χ2v) is 6.15. The molecule has 0 radical (unpaired) electrons. The Morgan fingerprint density at radius 1 is 1.04 bits per heavy atom. The summed E-state index contributed by atoms with van der Waals surface area (Å²) in [6.45, 7) is 0. The van der Waals surface area contributed by atoms with Gasteiger partial charge in [-0.2, -0.15) is 0 Å². The second kappa shape index (κ2) is 6.15. The Bertz CT molecular complexity index is 1070. The van der Waals surface area contributed by atoms with Gasteiger partial charge in [-0.25, -0.2) is 4.98 Å². The van der Waals surface area contributed by atoms with Gasteiger partial charge in [0.25, 0.3) is 0 Å². The molecular formula is C20H15ClN2O2. The molecule has 0 bridgehead atoms. The Morgan fingerprint density at radius 2 is 1.92 bits per heavy atom. The SMILES string of the molecule is COc1ccc(Cl)cc1-c1c[nH]c2ncc(-c3cccc(O)c3)cc12. The Balaban J connectivity index is 1.92. The first-order valence-corrected chi connectivity index (χ1v) is 8.14. The van der Waals surface area contributed by atoms with Crippen molar-refractivity contribution in [1.82, 2.24) is 9.97 Å². The number of benzene rings is 2. The molecule has 5 heteroatoms. The molecule has 2 N–H and O–H groups in total. The van der Waals surface area contributed by atoms with E-state index in [1.165, 1.54) is 0 Å². The number of pyridine rings is 1. The van der Waals surface area contributed by atoms with Gasteiger partial charge in [-0.1, -0.05) is 23.7 Å². The van der Waals surface area contributed by atoms with Crippen LogP contribution in [0.5, 0.6) is 11.5 Å². The summed E-state index contributed by atoms with van der Waals surface area (Å²) in [6, 6.07) is 14.7. The zero-order valence-electron chi connectivity index (χ0n) is 13.5. The highest BCUT2D eigenvalue weighted by molar-refractivity contribution is 6.31. The van der Waals surface area contributed by atoms with Crippen molar-refractivity contribution >= 4 is 22.6 Å².